The van der Waals surface area contributed by atoms with E-state index in [-0.39, 0.29) is 5.54 Å². The van der Waals surface area contributed by atoms with Crippen molar-refractivity contribution in [2.24, 2.45) is 29.2 Å². The van der Waals surface area contributed by atoms with Crippen LogP contribution in [0.4, 0.5) is 0 Å². The molecule has 3 saturated carbocycles. The maximum Gasteiger partial charge on any atom is 0.0367 e. The van der Waals surface area contributed by atoms with Crippen LogP contribution in [-0.4, -0.2) is 11.6 Å². The van der Waals surface area contributed by atoms with E-state index in [0.29, 0.717) is 6.04 Å². The number of hydrogen-bond acceptors (Lipinski definition) is 2. The van der Waals surface area contributed by atoms with Gasteiger partial charge in [-0.25, -0.2) is 0 Å². The molecule has 2 heteroatoms. The Morgan fingerprint density at radius 3 is 2.58 bits per heavy atom. The van der Waals surface area contributed by atoms with Crippen LogP contribution in [0.1, 0.15) is 32.1 Å². The second kappa shape index (κ2) is 2.05. The van der Waals surface area contributed by atoms with E-state index in [2.05, 4.69) is 0 Å². The van der Waals surface area contributed by atoms with Crippen LogP contribution in [0.2, 0.25) is 0 Å². The highest BCUT2D eigenvalue weighted by atomic mass is 14.9. The van der Waals surface area contributed by atoms with Gasteiger partial charge in [0.15, 0.2) is 0 Å². The first-order valence-corrected chi connectivity index (χ1v) is 5.27. The molecular formula is C10H18N2. The topological polar surface area (TPSA) is 52.0 Å². The maximum absolute atomic E-state index is 6.47. The van der Waals surface area contributed by atoms with E-state index >= 15 is 0 Å². The lowest BCUT2D eigenvalue weighted by Gasteiger charge is -2.43. The van der Waals surface area contributed by atoms with Crippen LogP contribution in [0.25, 0.3) is 0 Å². The van der Waals surface area contributed by atoms with Gasteiger partial charge in [-0.15, -0.1) is 0 Å². The van der Waals surface area contributed by atoms with Crippen LogP contribution >= 0.6 is 0 Å². The number of rotatable bonds is 0. The van der Waals surface area contributed by atoms with E-state index in [0.717, 1.165) is 17.8 Å². The smallest absolute Gasteiger partial charge is 0.0367 e. The normalized spacial score (nSPS) is 62.5. The van der Waals surface area contributed by atoms with E-state index in [9.17, 15) is 0 Å². The number of hydrogen-bond donors (Lipinski definition) is 2. The first-order chi connectivity index (χ1) is 5.73. The molecule has 3 fully saturated rings. The number of fused-ring (bicyclic) bond motifs is 3. The zero-order chi connectivity index (χ0) is 8.34. The molecule has 0 amide bonds. The molecule has 5 atom stereocenters. The highest BCUT2D eigenvalue weighted by molar-refractivity contribution is 5.17. The van der Waals surface area contributed by atoms with Gasteiger partial charge in [-0.3, -0.25) is 0 Å². The zero-order valence-electron chi connectivity index (χ0n) is 7.50. The fraction of sp³-hybridized carbons (Fsp3) is 1.00. The summed E-state index contributed by atoms with van der Waals surface area (Å²) in [5, 5.41) is 0. The molecule has 0 radical (unpaired) electrons. The molecule has 68 valence electrons. The van der Waals surface area contributed by atoms with Crippen molar-refractivity contribution < 1.29 is 0 Å². The molecule has 0 saturated heterocycles. The molecule has 0 heterocycles. The molecule has 4 N–H and O–H groups in total. The van der Waals surface area contributed by atoms with Gasteiger partial charge in [-0.05, 0) is 49.9 Å². The van der Waals surface area contributed by atoms with Crippen molar-refractivity contribution in [1.29, 1.82) is 0 Å². The lowest BCUT2D eigenvalue weighted by molar-refractivity contribution is 0.130. The molecule has 0 bridgehead atoms. The highest BCUT2D eigenvalue weighted by Gasteiger charge is 2.61. The molecule has 0 aromatic heterocycles. The molecular weight excluding hydrogens is 148 g/mol. The van der Waals surface area contributed by atoms with Gasteiger partial charge in [0.25, 0.3) is 0 Å². The quantitative estimate of drug-likeness (QED) is 0.560. The van der Waals surface area contributed by atoms with E-state index in [1.54, 1.807) is 0 Å². The Balaban J connectivity index is 1.96. The van der Waals surface area contributed by atoms with Crippen molar-refractivity contribution >= 4 is 0 Å². The van der Waals surface area contributed by atoms with Gasteiger partial charge in [-0.1, -0.05) is 0 Å². The standard InChI is InChI=1S/C10H18N2/c11-9-4-2-7-5-6-1-3-8(6)10(7,9)12/h6-9H,1-5,11-12H2. The van der Waals surface area contributed by atoms with Gasteiger partial charge >= 0.3 is 0 Å². The fourth-order valence-corrected chi connectivity index (χ4v) is 3.96. The molecule has 0 spiro atoms. The summed E-state index contributed by atoms with van der Waals surface area (Å²) in [4.78, 5) is 0. The van der Waals surface area contributed by atoms with Crippen LogP contribution in [0.15, 0.2) is 0 Å². The van der Waals surface area contributed by atoms with Crippen molar-refractivity contribution in [2.45, 2.75) is 43.7 Å². The van der Waals surface area contributed by atoms with Gasteiger partial charge in [0.05, 0.1) is 0 Å². The predicted molar refractivity (Wildman–Crippen MR) is 48.4 cm³/mol. The zero-order valence-corrected chi connectivity index (χ0v) is 7.50. The maximum atomic E-state index is 6.47. The number of nitrogens with two attached hydrogens (primary N) is 2. The third-order valence-corrected chi connectivity index (χ3v) is 4.82. The average Bonchev–Trinajstić information content (AvgIpc) is 2.33. The molecule has 5 unspecified atom stereocenters. The molecule has 2 nitrogen and oxygen atoms in total. The minimum absolute atomic E-state index is 0.0584. The Labute approximate surface area is 73.7 Å². The lowest BCUT2D eigenvalue weighted by Crippen LogP contribution is -2.59. The largest absolute Gasteiger partial charge is 0.326 e. The second-order valence-corrected chi connectivity index (χ2v) is 5.06. The van der Waals surface area contributed by atoms with Gasteiger partial charge in [-0.2, -0.15) is 0 Å². The Bertz CT molecular complexity index is 212. The SMILES string of the molecule is NC1CCC2CC3CCC3C12N. The fourth-order valence-electron chi connectivity index (χ4n) is 3.96. The first kappa shape index (κ1) is 7.34. The summed E-state index contributed by atoms with van der Waals surface area (Å²) < 4.78 is 0. The summed E-state index contributed by atoms with van der Waals surface area (Å²) in [7, 11) is 0. The van der Waals surface area contributed by atoms with Gasteiger partial charge in [0.2, 0.25) is 0 Å². The first-order valence-electron chi connectivity index (χ1n) is 5.27. The summed E-state index contributed by atoms with van der Waals surface area (Å²) in [6.07, 6.45) is 6.63. The minimum Gasteiger partial charge on any atom is -0.326 e. The molecule has 12 heavy (non-hydrogen) atoms. The van der Waals surface area contributed by atoms with Crippen LogP contribution in [0.3, 0.4) is 0 Å². The third-order valence-electron chi connectivity index (χ3n) is 4.82. The van der Waals surface area contributed by atoms with Crippen molar-refractivity contribution in [3.8, 4) is 0 Å². The van der Waals surface area contributed by atoms with Crippen LogP contribution in [0.5, 0.6) is 0 Å². The summed E-state index contributed by atoms with van der Waals surface area (Å²) >= 11 is 0. The Morgan fingerprint density at radius 2 is 1.92 bits per heavy atom. The predicted octanol–water partition coefficient (Wildman–Crippen LogP) is 0.851. The summed E-state index contributed by atoms with van der Waals surface area (Å²) in [6.45, 7) is 0. The van der Waals surface area contributed by atoms with Crippen LogP contribution < -0.4 is 11.5 Å². The monoisotopic (exact) mass is 166 g/mol. The van der Waals surface area contributed by atoms with Gasteiger partial charge in [0.1, 0.15) is 0 Å². The molecule has 3 rings (SSSR count). The van der Waals surface area contributed by atoms with Gasteiger partial charge < -0.3 is 11.5 Å². The second-order valence-electron chi connectivity index (χ2n) is 5.06. The van der Waals surface area contributed by atoms with Crippen LogP contribution in [0, 0.1) is 17.8 Å². The van der Waals surface area contributed by atoms with E-state index in [1.807, 2.05) is 0 Å². The highest BCUT2D eigenvalue weighted by Crippen LogP contribution is 2.59. The Hall–Kier alpha value is -0.0800. The average molecular weight is 166 g/mol. The van der Waals surface area contributed by atoms with E-state index in [4.69, 9.17) is 11.5 Å². The van der Waals surface area contributed by atoms with Crippen molar-refractivity contribution in [2.75, 3.05) is 0 Å². The minimum atomic E-state index is 0.0584. The Kier molecular flexibility index (Phi) is 1.25. The molecule has 3 aliphatic rings. The van der Waals surface area contributed by atoms with E-state index in [1.165, 1.54) is 32.1 Å². The van der Waals surface area contributed by atoms with E-state index < -0.39 is 0 Å². The summed E-state index contributed by atoms with van der Waals surface area (Å²) in [5.74, 6) is 2.51. The molecule has 0 aliphatic heterocycles. The molecule has 0 aromatic carbocycles. The van der Waals surface area contributed by atoms with Gasteiger partial charge in [0, 0.05) is 11.6 Å². The summed E-state index contributed by atoms with van der Waals surface area (Å²) in [6, 6.07) is 0.304. The van der Waals surface area contributed by atoms with Crippen molar-refractivity contribution in [3.63, 3.8) is 0 Å². The Morgan fingerprint density at radius 1 is 1.08 bits per heavy atom. The lowest BCUT2D eigenvalue weighted by atomic mass is 9.67. The van der Waals surface area contributed by atoms with Crippen molar-refractivity contribution in [3.05, 3.63) is 0 Å². The molecule has 3 aliphatic carbocycles. The molecule has 0 aromatic rings. The van der Waals surface area contributed by atoms with Crippen molar-refractivity contribution in [1.82, 2.24) is 0 Å². The third kappa shape index (κ3) is 0.612. The summed E-state index contributed by atoms with van der Waals surface area (Å²) in [5.41, 5.74) is 12.6. The van der Waals surface area contributed by atoms with Crippen LogP contribution in [-0.2, 0) is 0 Å².